The van der Waals surface area contributed by atoms with Crippen molar-refractivity contribution >= 4 is 6.21 Å². The summed E-state index contributed by atoms with van der Waals surface area (Å²) in [6, 6.07) is 8.07. The molecule has 0 spiro atoms. The second kappa shape index (κ2) is 7.90. The monoisotopic (exact) mass is 276 g/mol. The average Bonchev–Trinajstić information content (AvgIpc) is 2.47. The van der Waals surface area contributed by atoms with E-state index in [1.807, 2.05) is 35.5 Å². The molecule has 0 bridgehead atoms. The van der Waals surface area contributed by atoms with E-state index in [9.17, 15) is 0 Å². The lowest BCUT2D eigenvalue weighted by Crippen LogP contribution is -2.32. The van der Waals surface area contributed by atoms with Gasteiger partial charge in [-0.1, -0.05) is 13.8 Å². The second-order valence-electron chi connectivity index (χ2n) is 5.41. The normalized spacial score (nSPS) is 16.1. The van der Waals surface area contributed by atoms with E-state index >= 15 is 0 Å². The number of hydrogen-bond donors (Lipinski definition) is 0. The average molecular weight is 276 g/mol. The summed E-state index contributed by atoms with van der Waals surface area (Å²) in [6.07, 6.45) is 2.98. The molecular weight excluding hydrogens is 252 g/mol. The Bertz CT molecular complexity index is 409. The molecule has 1 fully saturated rings. The van der Waals surface area contributed by atoms with Crippen LogP contribution in [0.5, 0.6) is 5.75 Å². The summed E-state index contributed by atoms with van der Waals surface area (Å²) >= 11 is 0. The van der Waals surface area contributed by atoms with Gasteiger partial charge in [-0.3, -0.25) is 5.01 Å². The van der Waals surface area contributed by atoms with Gasteiger partial charge in [-0.2, -0.15) is 5.10 Å². The summed E-state index contributed by atoms with van der Waals surface area (Å²) in [6.45, 7) is 8.45. The Morgan fingerprint density at radius 2 is 1.95 bits per heavy atom. The molecule has 0 saturated carbocycles. The number of ether oxygens (including phenoxy) is 2. The fraction of sp³-hybridized carbons (Fsp3) is 0.562. The molecule has 0 atom stereocenters. The van der Waals surface area contributed by atoms with Gasteiger partial charge in [0.25, 0.3) is 0 Å². The van der Waals surface area contributed by atoms with Crippen molar-refractivity contribution in [1.29, 1.82) is 0 Å². The van der Waals surface area contributed by atoms with E-state index in [-0.39, 0.29) is 0 Å². The zero-order valence-electron chi connectivity index (χ0n) is 12.4. The minimum absolute atomic E-state index is 0.676. The van der Waals surface area contributed by atoms with Gasteiger partial charge in [-0.05, 0) is 42.2 Å². The largest absolute Gasteiger partial charge is 0.494 e. The maximum atomic E-state index is 5.69. The maximum absolute atomic E-state index is 5.69. The number of hydrazone groups is 1. The predicted octanol–water partition coefficient (Wildman–Crippen LogP) is 2.78. The Morgan fingerprint density at radius 1 is 1.25 bits per heavy atom. The van der Waals surface area contributed by atoms with Crippen molar-refractivity contribution < 1.29 is 9.47 Å². The van der Waals surface area contributed by atoms with E-state index in [0.717, 1.165) is 50.6 Å². The Hall–Kier alpha value is -1.55. The molecule has 0 N–H and O–H groups in total. The molecule has 0 amide bonds. The first-order valence-electron chi connectivity index (χ1n) is 7.33. The van der Waals surface area contributed by atoms with Crippen molar-refractivity contribution in [2.45, 2.75) is 20.3 Å². The summed E-state index contributed by atoms with van der Waals surface area (Å²) in [5, 5.41) is 6.49. The van der Waals surface area contributed by atoms with E-state index in [0.29, 0.717) is 5.92 Å². The van der Waals surface area contributed by atoms with Crippen LogP contribution in [0.2, 0.25) is 0 Å². The van der Waals surface area contributed by atoms with Crippen molar-refractivity contribution in [2.24, 2.45) is 11.0 Å². The Morgan fingerprint density at radius 3 is 2.60 bits per heavy atom. The standard InChI is InChI=1S/C16H24N2O2/c1-14(2)7-10-20-16-5-3-15(4-6-16)13-17-18-8-11-19-12-9-18/h3-6,13-14H,7-12H2,1-2H3. The van der Waals surface area contributed by atoms with E-state index in [1.165, 1.54) is 0 Å². The van der Waals surface area contributed by atoms with Crippen LogP contribution in [0.15, 0.2) is 29.4 Å². The molecule has 1 aromatic carbocycles. The van der Waals surface area contributed by atoms with Gasteiger partial charge in [0.05, 0.1) is 39.1 Å². The highest BCUT2D eigenvalue weighted by molar-refractivity contribution is 5.79. The molecular formula is C16H24N2O2. The third-order valence-electron chi connectivity index (χ3n) is 3.20. The van der Waals surface area contributed by atoms with Crippen LogP contribution < -0.4 is 4.74 Å². The molecule has 2 rings (SSSR count). The van der Waals surface area contributed by atoms with Crippen molar-refractivity contribution in [3.63, 3.8) is 0 Å². The van der Waals surface area contributed by atoms with Gasteiger partial charge >= 0.3 is 0 Å². The molecule has 20 heavy (non-hydrogen) atoms. The van der Waals surface area contributed by atoms with Crippen LogP contribution >= 0.6 is 0 Å². The second-order valence-corrected chi connectivity index (χ2v) is 5.41. The van der Waals surface area contributed by atoms with E-state index in [4.69, 9.17) is 9.47 Å². The topological polar surface area (TPSA) is 34.1 Å². The molecule has 0 unspecified atom stereocenters. The molecule has 4 heteroatoms. The molecule has 1 aromatic rings. The van der Waals surface area contributed by atoms with Gasteiger partial charge in [-0.15, -0.1) is 0 Å². The fourth-order valence-corrected chi connectivity index (χ4v) is 1.88. The van der Waals surface area contributed by atoms with Crippen molar-refractivity contribution in [3.05, 3.63) is 29.8 Å². The third kappa shape index (κ3) is 5.21. The first-order chi connectivity index (χ1) is 9.74. The number of benzene rings is 1. The van der Waals surface area contributed by atoms with Crippen LogP contribution in [-0.2, 0) is 4.74 Å². The molecule has 1 heterocycles. The van der Waals surface area contributed by atoms with Crippen molar-refractivity contribution in [2.75, 3.05) is 32.9 Å². The number of nitrogens with zero attached hydrogens (tertiary/aromatic N) is 2. The first kappa shape index (κ1) is 14.9. The quantitative estimate of drug-likeness (QED) is 0.749. The molecule has 1 saturated heterocycles. The molecule has 1 aliphatic rings. The third-order valence-corrected chi connectivity index (χ3v) is 3.20. The first-order valence-corrected chi connectivity index (χ1v) is 7.33. The SMILES string of the molecule is CC(C)CCOc1ccc(C=NN2CCOCC2)cc1. The van der Waals surface area contributed by atoms with Crippen LogP contribution in [0.3, 0.4) is 0 Å². The van der Waals surface area contributed by atoms with Crippen LogP contribution in [-0.4, -0.2) is 44.1 Å². The van der Waals surface area contributed by atoms with E-state index in [2.05, 4.69) is 18.9 Å². The van der Waals surface area contributed by atoms with Gasteiger partial charge in [0, 0.05) is 0 Å². The number of hydrogen-bond acceptors (Lipinski definition) is 4. The molecule has 0 radical (unpaired) electrons. The van der Waals surface area contributed by atoms with Gasteiger partial charge in [0.2, 0.25) is 0 Å². The van der Waals surface area contributed by atoms with Gasteiger partial charge in [-0.25, -0.2) is 0 Å². The molecule has 1 aliphatic heterocycles. The Kier molecular flexibility index (Phi) is 5.87. The summed E-state index contributed by atoms with van der Waals surface area (Å²) in [5.41, 5.74) is 1.09. The zero-order chi connectivity index (χ0) is 14.2. The van der Waals surface area contributed by atoms with Crippen molar-refractivity contribution in [3.8, 4) is 5.75 Å². The minimum Gasteiger partial charge on any atom is -0.494 e. The lowest BCUT2D eigenvalue weighted by atomic mass is 10.1. The van der Waals surface area contributed by atoms with Gasteiger partial charge in [0.1, 0.15) is 5.75 Å². The van der Waals surface area contributed by atoms with Crippen LogP contribution in [0.4, 0.5) is 0 Å². The highest BCUT2D eigenvalue weighted by Gasteiger charge is 2.06. The summed E-state index contributed by atoms with van der Waals surface area (Å²) in [4.78, 5) is 0. The van der Waals surface area contributed by atoms with E-state index < -0.39 is 0 Å². The van der Waals surface area contributed by atoms with Crippen molar-refractivity contribution in [1.82, 2.24) is 5.01 Å². The van der Waals surface area contributed by atoms with Crippen LogP contribution in [0, 0.1) is 5.92 Å². The molecule has 4 nitrogen and oxygen atoms in total. The lowest BCUT2D eigenvalue weighted by molar-refractivity contribution is 0.0397. The lowest BCUT2D eigenvalue weighted by Gasteiger charge is -2.23. The Balaban J connectivity index is 1.80. The summed E-state index contributed by atoms with van der Waals surface area (Å²) in [7, 11) is 0. The van der Waals surface area contributed by atoms with E-state index in [1.54, 1.807) is 0 Å². The fourth-order valence-electron chi connectivity index (χ4n) is 1.88. The maximum Gasteiger partial charge on any atom is 0.119 e. The highest BCUT2D eigenvalue weighted by Crippen LogP contribution is 2.12. The summed E-state index contributed by atoms with van der Waals surface area (Å²) < 4.78 is 11.0. The number of morpholine rings is 1. The van der Waals surface area contributed by atoms with Gasteiger partial charge < -0.3 is 9.47 Å². The van der Waals surface area contributed by atoms with Gasteiger partial charge in [0.15, 0.2) is 0 Å². The minimum atomic E-state index is 0.676. The summed E-state index contributed by atoms with van der Waals surface area (Å²) in [5.74, 6) is 1.60. The molecule has 0 aromatic heterocycles. The highest BCUT2D eigenvalue weighted by atomic mass is 16.5. The molecule has 0 aliphatic carbocycles. The smallest absolute Gasteiger partial charge is 0.119 e. The zero-order valence-corrected chi connectivity index (χ0v) is 12.4. The van der Waals surface area contributed by atoms with Crippen LogP contribution in [0.1, 0.15) is 25.8 Å². The van der Waals surface area contributed by atoms with Crippen LogP contribution in [0.25, 0.3) is 0 Å². The number of rotatable bonds is 6. The predicted molar refractivity (Wildman–Crippen MR) is 81.4 cm³/mol. The molecule has 110 valence electrons. The Labute approximate surface area is 121 Å².